The van der Waals surface area contributed by atoms with Crippen LogP contribution in [0.4, 0.5) is 4.39 Å². The van der Waals surface area contributed by atoms with Crippen molar-refractivity contribution in [2.24, 2.45) is 0 Å². The minimum Gasteiger partial charge on any atom is -0.480 e. The van der Waals surface area contributed by atoms with E-state index in [-0.39, 0.29) is 37.1 Å². The molecule has 8 rings (SSSR count). The molecule has 26 heteroatoms. The van der Waals surface area contributed by atoms with Gasteiger partial charge in [0.15, 0.2) is 5.60 Å². The molecule has 0 saturated carbocycles. The lowest BCUT2D eigenvalue weighted by molar-refractivity contribution is -0.172. The van der Waals surface area contributed by atoms with Crippen LogP contribution in [0.1, 0.15) is 64.8 Å². The number of nitrogens with one attached hydrogen (secondary N) is 7. The molecule has 404 valence electrons. The Morgan fingerprint density at radius 1 is 0.870 bits per heavy atom. The van der Waals surface area contributed by atoms with Gasteiger partial charge in [-0.25, -0.2) is 14.2 Å². The first kappa shape index (κ1) is 54.5. The molecule has 4 aromatic rings. The summed E-state index contributed by atoms with van der Waals surface area (Å²) in [5.74, 6) is -9.02. The number of aliphatic hydroxyl groups is 1. The van der Waals surface area contributed by atoms with Gasteiger partial charge in [-0.15, -0.1) is 0 Å². The van der Waals surface area contributed by atoms with Gasteiger partial charge in [0.2, 0.25) is 35.4 Å². The van der Waals surface area contributed by atoms with Crippen LogP contribution in [0, 0.1) is 12.7 Å². The number of aliphatic carboxylic acids is 1. The molecule has 3 aliphatic heterocycles. The fourth-order valence-electron chi connectivity index (χ4n) is 9.73. The van der Waals surface area contributed by atoms with Crippen molar-refractivity contribution in [1.82, 2.24) is 51.7 Å². The highest BCUT2D eigenvalue weighted by Crippen LogP contribution is 2.46. The monoisotopic (exact) mass is 1060 g/mol. The van der Waals surface area contributed by atoms with Gasteiger partial charge >= 0.3 is 11.9 Å². The molecule has 4 atom stereocenters. The molecule has 0 fully saturated rings. The maximum absolute atomic E-state index is 15.4. The van der Waals surface area contributed by atoms with E-state index in [1.165, 1.54) is 10.6 Å². The maximum Gasteiger partial charge on any atom is 0.343 e. The summed E-state index contributed by atoms with van der Waals surface area (Å²) in [4.78, 5) is 146. The Bertz CT molecular complexity index is 3220. The number of nitrogens with zero attached hydrogens (tertiary/aromatic N) is 3. The van der Waals surface area contributed by atoms with E-state index >= 15 is 4.39 Å². The van der Waals surface area contributed by atoms with E-state index in [0.717, 1.165) is 12.2 Å². The Hall–Kier alpha value is -8.75. The topological polar surface area (TPSA) is 352 Å². The summed E-state index contributed by atoms with van der Waals surface area (Å²) in [5.41, 5.74) is 1.60. The molecule has 0 saturated heterocycles. The van der Waals surface area contributed by atoms with Gasteiger partial charge < -0.3 is 61.5 Å². The first-order valence-corrected chi connectivity index (χ1v) is 24.4. The van der Waals surface area contributed by atoms with E-state index in [9.17, 15) is 57.8 Å². The van der Waals surface area contributed by atoms with Crippen LogP contribution < -0.4 is 42.8 Å². The molecular weight excluding hydrogens is 1010 g/mol. The summed E-state index contributed by atoms with van der Waals surface area (Å²) >= 11 is 0. The second-order valence-corrected chi connectivity index (χ2v) is 18.5. The number of ether oxygens (including phenoxy) is 2. The minimum atomic E-state index is -2.07. The average Bonchev–Trinajstić information content (AvgIpc) is 4.22. The van der Waals surface area contributed by atoms with Crippen molar-refractivity contribution in [1.29, 1.82) is 0 Å². The van der Waals surface area contributed by atoms with Crippen LogP contribution in [-0.2, 0) is 89.0 Å². The number of benzene rings is 2. The molecular formula is C51H53FN10O15. The van der Waals surface area contributed by atoms with Gasteiger partial charge in [-0.1, -0.05) is 37.3 Å². The van der Waals surface area contributed by atoms with E-state index in [0.29, 0.717) is 67.8 Å². The number of imide groups is 1. The van der Waals surface area contributed by atoms with Gasteiger partial charge in [0, 0.05) is 47.7 Å². The number of amides is 8. The predicted octanol–water partition coefficient (Wildman–Crippen LogP) is -2.24. The van der Waals surface area contributed by atoms with Crippen LogP contribution in [0.5, 0.6) is 0 Å². The van der Waals surface area contributed by atoms with Crippen LogP contribution in [0.15, 0.2) is 59.4 Å². The molecule has 0 radical (unpaired) electrons. The van der Waals surface area contributed by atoms with Crippen LogP contribution >= 0.6 is 0 Å². The number of cyclic esters (lactones) is 1. The highest BCUT2D eigenvalue weighted by molar-refractivity contribution is 6.15. The second kappa shape index (κ2) is 23.0. The van der Waals surface area contributed by atoms with Crippen molar-refractivity contribution in [2.45, 2.75) is 76.4 Å². The van der Waals surface area contributed by atoms with E-state index in [1.54, 1.807) is 50.2 Å². The molecule has 4 aliphatic rings. The normalized spacial score (nSPS) is 17.6. The fourth-order valence-corrected chi connectivity index (χ4v) is 9.73. The van der Waals surface area contributed by atoms with Crippen LogP contribution in [0.2, 0.25) is 0 Å². The number of hydrogen-bond donors (Lipinski definition) is 9. The molecule has 9 N–H and O–H groups in total. The Labute approximate surface area is 436 Å². The number of pyridine rings is 2. The lowest BCUT2D eigenvalue weighted by Gasteiger charge is -2.31. The molecule has 0 bridgehead atoms. The number of halogens is 1. The highest BCUT2D eigenvalue weighted by atomic mass is 19.1. The van der Waals surface area contributed by atoms with Crippen molar-refractivity contribution >= 4 is 70.1 Å². The van der Waals surface area contributed by atoms with E-state index in [2.05, 4.69) is 37.2 Å². The largest absolute Gasteiger partial charge is 0.480 e. The minimum absolute atomic E-state index is 0.0329. The Morgan fingerprint density at radius 3 is 2.26 bits per heavy atom. The number of carboxylic acids is 1. The van der Waals surface area contributed by atoms with Crippen LogP contribution in [0.25, 0.3) is 22.3 Å². The number of carbonyl (C=O) groups excluding carboxylic acids is 9. The lowest BCUT2D eigenvalue weighted by Crippen LogP contribution is -2.56. The zero-order valence-corrected chi connectivity index (χ0v) is 41.5. The number of fused-ring (bicyclic) bond motifs is 5. The highest BCUT2D eigenvalue weighted by Gasteiger charge is 2.46. The summed E-state index contributed by atoms with van der Waals surface area (Å²) in [5, 5.41) is 38.2. The standard InChI is InChI=1S/C51H53FN10O15/c1-3-51(75)30-14-35-46-28(21-61(35)49(73)29(30)22-77-50(51)74)45-32(10-9-27-25(2)31(52)15-33(60-46)44(27)45)58-40(66)23-76-24-57-38(64)18-55-47(71)34(13-26-7-5-4-6-8-26)59-39(65)19-54-37(63)17-56-48(72)36(16-53-20-43(69)70)62-41(67)11-12-42(62)68/h4-8,11-12,14-15,32,34,36,53,75H,3,9-10,13,16-24H2,1-2H3,(H,54,63)(H,55,71)(H,56,72)(H,57,64)(H,58,66)(H,59,65)(H,69,70)/t32-,34+,36+,51+/m1/s1. The molecule has 2 aromatic heterocycles. The summed E-state index contributed by atoms with van der Waals surface area (Å²) < 4.78 is 27.5. The lowest BCUT2D eigenvalue weighted by atomic mass is 9.81. The molecule has 25 nitrogen and oxygen atoms in total. The molecule has 5 heterocycles. The summed E-state index contributed by atoms with van der Waals surface area (Å²) in [6.07, 6.45) is 2.49. The Balaban J connectivity index is 0.835. The van der Waals surface area contributed by atoms with Crippen molar-refractivity contribution in [3.63, 3.8) is 0 Å². The van der Waals surface area contributed by atoms with E-state index in [1.807, 2.05) is 0 Å². The van der Waals surface area contributed by atoms with Gasteiger partial charge in [-0.3, -0.25) is 52.8 Å². The number of aromatic nitrogens is 2. The van der Waals surface area contributed by atoms with Gasteiger partial charge in [-0.2, -0.15) is 0 Å². The molecule has 8 amide bonds. The summed E-state index contributed by atoms with van der Waals surface area (Å²) in [6.45, 7) is -1.02. The van der Waals surface area contributed by atoms with Crippen molar-refractivity contribution in [3.8, 4) is 11.4 Å². The fraction of sp³-hybridized carbons (Fsp3) is 0.373. The summed E-state index contributed by atoms with van der Waals surface area (Å²) in [7, 11) is 0. The number of hydrogen-bond acceptors (Lipinski definition) is 16. The van der Waals surface area contributed by atoms with Gasteiger partial charge in [0.25, 0.3) is 17.4 Å². The van der Waals surface area contributed by atoms with Crippen LogP contribution in [0.3, 0.4) is 0 Å². The molecule has 2 aromatic carbocycles. The summed E-state index contributed by atoms with van der Waals surface area (Å²) in [6, 6.07) is 7.97. The molecule has 0 spiro atoms. The zero-order chi connectivity index (χ0) is 55.3. The number of carbonyl (C=O) groups is 10. The van der Waals surface area contributed by atoms with Gasteiger partial charge in [0.1, 0.15) is 37.8 Å². The zero-order valence-electron chi connectivity index (χ0n) is 41.5. The smallest absolute Gasteiger partial charge is 0.343 e. The Morgan fingerprint density at radius 2 is 1.56 bits per heavy atom. The number of rotatable bonds is 22. The van der Waals surface area contributed by atoms with Crippen LogP contribution in [-0.4, -0.2) is 142 Å². The number of esters is 1. The first-order chi connectivity index (χ1) is 36.8. The van der Waals surface area contributed by atoms with Crippen molar-refractivity contribution < 1.29 is 72.0 Å². The molecule has 1 aliphatic carbocycles. The maximum atomic E-state index is 15.4. The van der Waals surface area contributed by atoms with Crippen molar-refractivity contribution in [2.75, 3.05) is 46.1 Å². The molecule has 0 unspecified atom stereocenters. The quantitative estimate of drug-likeness (QED) is 0.0153. The third-order valence-corrected chi connectivity index (χ3v) is 13.6. The first-order valence-electron chi connectivity index (χ1n) is 24.4. The number of aryl methyl sites for hydroxylation is 1. The van der Waals surface area contributed by atoms with Gasteiger partial charge in [-0.05, 0) is 54.5 Å². The SMILES string of the molecule is CC[C@@]1(O)C(=O)OCc2c1cc1n(c2=O)Cc2c-1nc1cc(F)c(C)c3c1c2[C@H](NC(=O)COCNC(=O)CNC(=O)[C@H](Cc1ccccc1)NC(=O)CNC(=O)CNC(=O)[C@H](CNCC(=O)O)N1C(=O)C=CC1=O)CC3. The third kappa shape index (κ3) is 11.6. The Kier molecular flexibility index (Phi) is 16.3. The third-order valence-electron chi connectivity index (χ3n) is 13.6. The molecule has 77 heavy (non-hydrogen) atoms. The average molecular weight is 1070 g/mol. The van der Waals surface area contributed by atoms with E-state index < -0.39 is 140 Å². The second-order valence-electron chi connectivity index (χ2n) is 18.5. The number of carboxylic acid groups (broad SMARTS) is 1. The van der Waals surface area contributed by atoms with E-state index in [4.69, 9.17) is 19.6 Å². The predicted molar refractivity (Wildman–Crippen MR) is 264 cm³/mol. The van der Waals surface area contributed by atoms with Crippen molar-refractivity contribution in [3.05, 3.63) is 110 Å². The van der Waals surface area contributed by atoms with Gasteiger partial charge in [0.05, 0.1) is 61.2 Å².